The van der Waals surface area contributed by atoms with Crippen molar-refractivity contribution in [3.8, 4) is 0 Å². The van der Waals surface area contributed by atoms with Crippen molar-refractivity contribution in [2.75, 3.05) is 32.9 Å². The molecule has 1 rings (SSSR count). The number of hydrogen-bond acceptors (Lipinski definition) is 6. The van der Waals surface area contributed by atoms with Gasteiger partial charge in [-0.1, -0.05) is 0 Å². The van der Waals surface area contributed by atoms with Gasteiger partial charge in [0.15, 0.2) is 0 Å². The summed E-state index contributed by atoms with van der Waals surface area (Å²) in [7, 11) is 3.87. The molecule has 0 aromatic carbocycles. The highest BCUT2D eigenvalue weighted by molar-refractivity contribution is 5.98. The second kappa shape index (κ2) is 6.64. The van der Waals surface area contributed by atoms with E-state index in [-0.39, 0.29) is 17.1 Å². The maximum Gasteiger partial charge on any atom is 0.288 e. The fourth-order valence-electron chi connectivity index (χ4n) is 1.44. The molecule has 0 bridgehead atoms. The maximum absolute atomic E-state index is 11.8. The first kappa shape index (κ1) is 14.8. The van der Waals surface area contributed by atoms with Crippen molar-refractivity contribution in [1.29, 1.82) is 0 Å². The summed E-state index contributed by atoms with van der Waals surface area (Å²) >= 11 is 0. The summed E-state index contributed by atoms with van der Waals surface area (Å²) in [4.78, 5) is 27.5. The Hall–Kier alpha value is -2.22. The number of nitrogens with one attached hydrogen (secondary N) is 1. The van der Waals surface area contributed by atoms with E-state index in [1.165, 1.54) is 0 Å². The molecule has 0 aliphatic heterocycles. The Balaban J connectivity index is 2.66. The van der Waals surface area contributed by atoms with Crippen LogP contribution in [0.3, 0.4) is 0 Å². The lowest BCUT2D eigenvalue weighted by atomic mass is 10.2. The molecule has 104 valence electrons. The van der Waals surface area contributed by atoms with E-state index >= 15 is 0 Å². The smallest absolute Gasteiger partial charge is 0.288 e. The summed E-state index contributed by atoms with van der Waals surface area (Å²) in [5, 5.41) is 13.3. The molecule has 0 radical (unpaired) electrons. The van der Waals surface area contributed by atoms with Gasteiger partial charge in [0.1, 0.15) is 12.0 Å². The molecule has 0 atom stereocenters. The van der Waals surface area contributed by atoms with Crippen LogP contribution in [0.2, 0.25) is 0 Å². The van der Waals surface area contributed by atoms with Crippen LogP contribution in [0.15, 0.2) is 12.3 Å². The molecular formula is C11H17N5O3. The van der Waals surface area contributed by atoms with Crippen LogP contribution < -0.4 is 11.1 Å². The van der Waals surface area contributed by atoms with Crippen LogP contribution in [-0.2, 0) is 0 Å². The van der Waals surface area contributed by atoms with Gasteiger partial charge >= 0.3 is 0 Å². The first-order chi connectivity index (χ1) is 8.91. The van der Waals surface area contributed by atoms with E-state index in [0.29, 0.717) is 6.54 Å². The summed E-state index contributed by atoms with van der Waals surface area (Å²) in [6.07, 6.45) is 1.80. The second-order valence-corrected chi connectivity index (χ2v) is 4.30. The molecule has 0 unspecified atom stereocenters. The molecule has 0 fully saturated rings. The van der Waals surface area contributed by atoms with Crippen molar-refractivity contribution < 1.29 is 9.72 Å². The highest BCUT2D eigenvalue weighted by Gasteiger charge is 2.16. The lowest BCUT2D eigenvalue weighted by molar-refractivity contribution is -0.385. The third-order valence-electron chi connectivity index (χ3n) is 2.43. The zero-order chi connectivity index (χ0) is 14.4. The Labute approximate surface area is 110 Å². The number of amides is 1. The van der Waals surface area contributed by atoms with Gasteiger partial charge < -0.3 is 16.0 Å². The van der Waals surface area contributed by atoms with Crippen molar-refractivity contribution in [1.82, 2.24) is 15.2 Å². The third kappa shape index (κ3) is 4.51. The van der Waals surface area contributed by atoms with Crippen molar-refractivity contribution in [2.45, 2.75) is 6.42 Å². The number of carbonyl (C=O) groups is 1. The highest BCUT2D eigenvalue weighted by Crippen LogP contribution is 2.16. The van der Waals surface area contributed by atoms with Gasteiger partial charge in [0, 0.05) is 12.6 Å². The fraction of sp³-hybridized carbons (Fsp3) is 0.455. The zero-order valence-corrected chi connectivity index (χ0v) is 10.9. The Kier molecular flexibility index (Phi) is 5.19. The molecule has 0 saturated carbocycles. The van der Waals surface area contributed by atoms with Gasteiger partial charge in [-0.05, 0) is 27.1 Å². The molecule has 8 heteroatoms. The summed E-state index contributed by atoms with van der Waals surface area (Å²) in [5.41, 5.74) is 5.31. The van der Waals surface area contributed by atoms with Crippen LogP contribution in [0.5, 0.6) is 0 Å². The van der Waals surface area contributed by atoms with Gasteiger partial charge in [0.2, 0.25) is 0 Å². The van der Waals surface area contributed by atoms with Crippen molar-refractivity contribution >= 4 is 17.4 Å². The van der Waals surface area contributed by atoms with E-state index in [4.69, 9.17) is 5.73 Å². The Morgan fingerprint density at radius 2 is 2.26 bits per heavy atom. The van der Waals surface area contributed by atoms with E-state index in [1.54, 1.807) is 0 Å². The average molecular weight is 267 g/mol. The number of rotatable bonds is 6. The lowest BCUT2D eigenvalue weighted by Gasteiger charge is -2.10. The Morgan fingerprint density at radius 3 is 2.84 bits per heavy atom. The number of pyridine rings is 1. The van der Waals surface area contributed by atoms with Crippen molar-refractivity contribution in [2.24, 2.45) is 0 Å². The second-order valence-electron chi connectivity index (χ2n) is 4.30. The van der Waals surface area contributed by atoms with Gasteiger partial charge in [0.25, 0.3) is 11.6 Å². The zero-order valence-electron chi connectivity index (χ0n) is 10.9. The monoisotopic (exact) mass is 267 g/mol. The van der Waals surface area contributed by atoms with Crippen molar-refractivity contribution in [3.63, 3.8) is 0 Å². The average Bonchev–Trinajstić information content (AvgIpc) is 2.34. The van der Waals surface area contributed by atoms with Gasteiger partial charge in [-0.15, -0.1) is 0 Å². The van der Waals surface area contributed by atoms with E-state index in [1.807, 2.05) is 19.0 Å². The molecule has 3 N–H and O–H groups in total. The summed E-state index contributed by atoms with van der Waals surface area (Å²) in [5.74, 6) is -0.469. The fourth-order valence-corrected chi connectivity index (χ4v) is 1.44. The van der Waals surface area contributed by atoms with Crippen LogP contribution in [0, 0.1) is 10.1 Å². The van der Waals surface area contributed by atoms with Crippen LogP contribution in [-0.4, -0.2) is 47.9 Å². The standard InChI is InChI=1S/C11H17N5O3/c1-15(2)5-3-4-13-11(17)9-6-8(16(18)19)7-14-10(9)12/h6-7H,3-5H2,1-2H3,(H2,12,14)(H,13,17). The van der Waals surface area contributed by atoms with Crippen LogP contribution in [0.1, 0.15) is 16.8 Å². The van der Waals surface area contributed by atoms with E-state index in [0.717, 1.165) is 25.2 Å². The SMILES string of the molecule is CN(C)CCCNC(=O)c1cc([N+](=O)[O-])cnc1N. The number of nitrogens with zero attached hydrogens (tertiary/aromatic N) is 3. The number of hydrogen-bond donors (Lipinski definition) is 2. The van der Waals surface area contributed by atoms with E-state index in [9.17, 15) is 14.9 Å². The summed E-state index contributed by atoms with van der Waals surface area (Å²) in [6.45, 7) is 1.31. The molecular weight excluding hydrogens is 250 g/mol. The van der Waals surface area contributed by atoms with Crippen LogP contribution in [0.4, 0.5) is 11.5 Å². The number of carbonyl (C=O) groups excluding carboxylic acids is 1. The molecule has 1 amide bonds. The van der Waals surface area contributed by atoms with Crippen LogP contribution >= 0.6 is 0 Å². The van der Waals surface area contributed by atoms with Crippen molar-refractivity contribution in [3.05, 3.63) is 27.9 Å². The number of nitrogen functional groups attached to an aromatic ring is 1. The minimum atomic E-state index is -0.616. The highest BCUT2D eigenvalue weighted by atomic mass is 16.6. The third-order valence-corrected chi connectivity index (χ3v) is 2.43. The largest absolute Gasteiger partial charge is 0.383 e. The quantitative estimate of drug-likeness (QED) is 0.434. The molecule has 0 saturated heterocycles. The number of aromatic nitrogens is 1. The minimum Gasteiger partial charge on any atom is -0.383 e. The number of anilines is 1. The number of nitrogens with two attached hydrogens (primary N) is 1. The van der Waals surface area contributed by atoms with Gasteiger partial charge in [-0.25, -0.2) is 4.98 Å². The first-order valence-corrected chi connectivity index (χ1v) is 5.74. The summed E-state index contributed by atoms with van der Waals surface area (Å²) in [6, 6.07) is 1.13. The predicted octanol–water partition coefficient (Wildman–Crippen LogP) is 0.254. The summed E-state index contributed by atoms with van der Waals surface area (Å²) < 4.78 is 0. The number of nitro groups is 1. The normalized spacial score (nSPS) is 10.5. The maximum atomic E-state index is 11.8. The molecule has 1 heterocycles. The minimum absolute atomic E-state index is 0.0179. The van der Waals surface area contributed by atoms with Gasteiger partial charge in [-0.3, -0.25) is 14.9 Å². The first-order valence-electron chi connectivity index (χ1n) is 5.74. The van der Waals surface area contributed by atoms with E-state index in [2.05, 4.69) is 10.3 Å². The van der Waals surface area contributed by atoms with Crippen LogP contribution in [0.25, 0.3) is 0 Å². The molecule has 19 heavy (non-hydrogen) atoms. The van der Waals surface area contributed by atoms with Gasteiger partial charge in [0.05, 0.1) is 10.5 Å². The molecule has 8 nitrogen and oxygen atoms in total. The topological polar surface area (TPSA) is 114 Å². The molecule has 0 aliphatic rings. The molecule has 0 spiro atoms. The molecule has 0 aliphatic carbocycles. The molecule has 1 aromatic heterocycles. The lowest BCUT2D eigenvalue weighted by Crippen LogP contribution is -2.28. The van der Waals surface area contributed by atoms with E-state index < -0.39 is 10.8 Å². The molecule has 1 aromatic rings. The predicted molar refractivity (Wildman–Crippen MR) is 70.8 cm³/mol. The van der Waals surface area contributed by atoms with Gasteiger partial charge in [-0.2, -0.15) is 0 Å². The Bertz CT molecular complexity index is 475. The Morgan fingerprint density at radius 1 is 1.58 bits per heavy atom.